The van der Waals surface area contributed by atoms with Crippen molar-refractivity contribution in [2.24, 2.45) is 0 Å². The highest BCUT2D eigenvalue weighted by molar-refractivity contribution is 7.17. The number of hydrogen-bond acceptors (Lipinski definition) is 8. The fourth-order valence-corrected chi connectivity index (χ4v) is 4.79. The monoisotopic (exact) mass is 470 g/mol. The maximum atomic E-state index is 12.7. The summed E-state index contributed by atoms with van der Waals surface area (Å²) in [5.74, 6) is 1.03. The Labute approximate surface area is 191 Å². The Morgan fingerprint density at radius 1 is 1.03 bits per heavy atom. The van der Waals surface area contributed by atoms with Gasteiger partial charge in [0.05, 0.1) is 24.3 Å². The summed E-state index contributed by atoms with van der Waals surface area (Å²) in [6, 6.07) is 7.97. The molecule has 33 heavy (non-hydrogen) atoms. The van der Waals surface area contributed by atoms with Crippen molar-refractivity contribution in [1.82, 2.24) is 19.5 Å². The van der Waals surface area contributed by atoms with Gasteiger partial charge in [-0.3, -0.25) is 9.36 Å². The lowest BCUT2D eigenvalue weighted by Gasteiger charge is -2.15. The van der Waals surface area contributed by atoms with Crippen LogP contribution in [0.2, 0.25) is 0 Å². The summed E-state index contributed by atoms with van der Waals surface area (Å²) >= 11 is 1.43. The second kappa shape index (κ2) is 9.10. The first kappa shape index (κ1) is 21.3. The molecule has 170 valence electrons. The van der Waals surface area contributed by atoms with E-state index in [0.29, 0.717) is 11.6 Å². The molecule has 4 aromatic heterocycles. The maximum Gasteiger partial charge on any atom is 0.387 e. The van der Waals surface area contributed by atoms with E-state index in [9.17, 15) is 13.6 Å². The van der Waals surface area contributed by atoms with Gasteiger partial charge in [0.15, 0.2) is 5.75 Å². The molecule has 0 radical (unpaired) electrons. The van der Waals surface area contributed by atoms with E-state index < -0.39 is 6.61 Å². The Hall–Kier alpha value is -3.60. The summed E-state index contributed by atoms with van der Waals surface area (Å²) in [5, 5.41) is 9.50. The molecule has 0 saturated heterocycles. The van der Waals surface area contributed by atoms with Crippen LogP contribution in [0.15, 0.2) is 59.2 Å². The number of ether oxygens (including phenoxy) is 1. The van der Waals surface area contributed by atoms with E-state index >= 15 is 0 Å². The van der Waals surface area contributed by atoms with E-state index in [1.165, 1.54) is 23.7 Å². The lowest BCUT2D eigenvalue weighted by atomic mass is 10.2. The number of nitrogens with zero attached hydrogens (tertiary/aromatic N) is 4. The lowest BCUT2D eigenvalue weighted by Crippen LogP contribution is -2.22. The number of anilines is 2. The number of hydrogen-bond donors (Lipinski definition) is 2. The van der Waals surface area contributed by atoms with Crippen molar-refractivity contribution < 1.29 is 13.5 Å². The van der Waals surface area contributed by atoms with Gasteiger partial charge in [-0.25, -0.2) is 15.0 Å². The van der Waals surface area contributed by atoms with Crippen molar-refractivity contribution in [3.63, 3.8) is 0 Å². The Morgan fingerprint density at radius 2 is 1.82 bits per heavy atom. The van der Waals surface area contributed by atoms with Crippen molar-refractivity contribution in [2.75, 3.05) is 10.6 Å². The van der Waals surface area contributed by atoms with Crippen molar-refractivity contribution >= 4 is 33.2 Å². The second-order valence-corrected chi connectivity index (χ2v) is 8.63. The quantitative estimate of drug-likeness (QED) is 0.416. The SMILES string of the molecule is O=c1c2sccc2ccn1-c1ccc(N[C@H]2CC[C@H](Nc3ncc(OC(F)F)cn3)C2)nc1. The summed E-state index contributed by atoms with van der Waals surface area (Å²) in [6.07, 6.45) is 8.56. The number of alkyl halides is 2. The van der Waals surface area contributed by atoms with Gasteiger partial charge in [0.1, 0.15) is 10.5 Å². The van der Waals surface area contributed by atoms with Crippen LogP contribution in [0.3, 0.4) is 0 Å². The highest BCUT2D eigenvalue weighted by atomic mass is 32.1. The highest BCUT2D eigenvalue weighted by Crippen LogP contribution is 2.25. The number of halogens is 2. The molecule has 5 rings (SSSR count). The highest BCUT2D eigenvalue weighted by Gasteiger charge is 2.25. The van der Waals surface area contributed by atoms with Crippen LogP contribution in [0.25, 0.3) is 15.8 Å². The third kappa shape index (κ3) is 4.77. The van der Waals surface area contributed by atoms with E-state index in [1.54, 1.807) is 17.0 Å². The van der Waals surface area contributed by atoms with Crippen LogP contribution in [0.1, 0.15) is 19.3 Å². The minimum Gasteiger partial charge on any atom is -0.432 e. The predicted octanol–water partition coefficient (Wildman–Crippen LogP) is 4.28. The third-order valence-electron chi connectivity index (χ3n) is 5.51. The van der Waals surface area contributed by atoms with Crippen molar-refractivity contribution in [1.29, 1.82) is 0 Å². The van der Waals surface area contributed by atoms with Crippen LogP contribution in [-0.4, -0.2) is 38.2 Å². The van der Waals surface area contributed by atoms with Gasteiger partial charge in [0, 0.05) is 18.3 Å². The molecule has 0 bridgehead atoms. The number of aromatic nitrogens is 4. The second-order valence-electron chi connectivity index (χ2n) is 7.71. The molecule has 1 aliphatic rings. The minimum absolute atomic E-state index is 0.0502. The number of nitrogens with one attached hydrogen (secondary N) is 2. The van der Waals surface area contributed by atoms with Crippen molar-refractivity contribution in [2.45, 2.75) is 38.0 Å². The van der Waals surface area contributed by atoms with E-state index in [-0.39, 0.29) is 23.4 Å². The molecule has 1 saturated carbocycles. The summed E-state index contributed by atoms with van der Waals surface area (Å²) < 4.78 is 31.0. The lowest BCUT2D eigenvalue weighted by molar-refractivity contribution is -0.0503. The van der Waals surface area contributed by atoms with E-state index in [1.807, 2.05) is 29.6 Å². The van der Waals surface area contributed by atoms with Gasteiger partial charge in [0.2, 0.25) is 5.95 Å². The first-order valence-corrected chi connectivity index (χ1v) is 11.3. The van der Waals surface area contributed by atoms with Crippen LogP contribution in [0.5, 0.6) is 5.75 Å². The molecule has 0 aliphatic heterocycles. The Balaban J connectivity index is 1.18. The van der Waals surface area contributed by atoms with Crippen molar-refractivity contribution in [3.05, 3.63) is 64.8 Å². The van der Waals surface area contributed by atoms with E-state index in [2.05, 4.69) is 30.3 Å². The van der Waals surface area contributed by atoms with Crippen LogP contribution in [0, 0.1) is 0 Å². The molecule has 1 aliphatic carbocycles. The average Bonchev–Trinajstić information content (AvgIpc) is 3.46. The Kier molecular flexibility index (Phi) is 5.86. The van der Waals surface area contributed by atoms with Crippen LogP contribution in [0.4, 0.5) is 20.5 Å². The molecular formula is C22H20F2N6O2S. The fraction of sp³-hybridized carbons (Fsp3) is 0.273. The van der Waals surface area contributed by atoms with Gasteiger partial charge in [-0.2, -0.15) is 8.78 Å². The zero-order valence-corrected chi connectivity index (χ0v) is 18.1. The predicted molar refractivity (Wildman–Crippen MR) is 123 cm³/mol. The number of thiophene rings is 1. The first-order chi connectivity index (χ1) is 16.0. The van der Waals surface area contributed by atoms with Gasteiger partial charge < -0.3 is 15.4 Å². The van der Waals surface area contributed by atoms with E-state index in [0.717, 1.165) is 35.2 Å². The zero-order valence-electron chi connectivity index (χ0n) is 17.3. The number of fused-ring (bicyclic) bond motifs is 1. The van der Waals surface area contributed by atoms with E-state index in [4.69, 9.17) is 0 Å². The number of rotatable bonds is 7. The molecule has 2 N–H and O–H groups in total. The fourth-order valence-electron chi connectivity index (χ4n) is 3.96. The molecule has 2 atom stereocenters. The molecule has 11 heteroatoms. The molecule has 1 fully saturated rings. The molecule has 8 nitrogen and oxygen atoms in total. The average molecular weight is 471 g/mol. The Morgan fingerprint density at radius 3 is 2.55 bits per heavy atom. The third-order valence-corrected chi connectivity index (χ3v) is 6.43. The summed E-state index contributed by atoms with van der Waals surface area (Å²) in [5.41, 5.74) is 0.661. The number of pyridine rings is 2. The minimum atomic E-state index is -2.90. The molecule has 4 aromatic rings. The molecule has 0 unspecified atom stereocenters. The standard InChI is InChI=1S/C22H20F2N6O2S/c23-21(24)32-17-11-26-22(27-12-17)29-15-2-1-14(9-15)28-18-4-3-16(10-25-18)30-7-5-13-6-8-33-19(13)20(30)31/h3-8,10-12,14-15,21H,1-2,9H2,(H,25,28)(H,26,27,29)/t14-,15-/m0/s1. The molecule has 0 spiro atoms. The van der Waals surface area contributed by atoms with Crippen LogP contribution >= 0.6 is 11.3 Å². The molecular weight excluding hydrogens is 450 g/mol. The molecule has 0 amide bonds. The first-order valence-electron chi connectivity index (χ1n) is 10.4. The van der Waals surface area contributed by atoms with Gasteiger partial charge in [0.25, 0.3) is 5.56 Å². The topological polar surface area (TPSA) is 94.0 Å². The molecule has 4 heterocycles. The van der Waals surface area contributed by atoms with Gasteiger partial charge in [-0.1, -0.05) is 0 Å². The van der Waals surface area contributed by atoms with Gasteiger partial charge in [-0.15, -0.1) is 11.3 Å². The smallest absolute Gasteiger partial charge is 0.387 e. The Bertz CT molecular complexity index is 1290. The largest absolute Gasteiger partial charge is 0.432 e. The zero-order chi connectivity index (χ0) is 22.8. The normalized spacial score (nSPS) is 18.0. The van der Waals surface area contributed by atoms with Crippen LogP contribution in [-0.2, 0) is 0 Å². The van der Waals surface area contributed by atoms with Gasteiger partial charge in [-0.05, 0) is 54.3 Å². The summed E-state index contributed by atoms with van der Waals surface area (Å²) in [7, 11) is 0. The van der Waals surface area contributed by atoms with Crippen molar-refractivity contribution in [3.8, 4) is 11.4 Å². The summed E-state index contributed by atoms with van der Waals surface area (Å²) in [6.45, 7) is -2.90. The molecule has 0 aromatic carbocycles. The van der Waals surface area contributed by atoms with Gasteiger partial charge >= 0.3 is 6.61 Å². The van der Waals surface area contributed by atoms with Crippen LogP contribution < -0.4 is 20.9 Å². The summed E-state index contributed by atoms with van der Waals surface area (Å²) in [4.78, 5) is 25.2. The maximum absolute atomic E-state index is 12.7.